The number of piperidine rings is 1. The lowest BCUT2D eigenvalue weighted by Crippen LogP contribution is -2.46. The van der Waals surface area contributed by atoms with Crippen molar-refractivity contribution in [3.8, 4) is 0 Å². The summed E-state index contributed by atoms with van der Waals surface area (Å²) < 4.78 is 40.5. The average Bonchev–Trinajstić information content (AvgIpc) is 3.24. The molecule has 1 amide bonds. The fourth-order valence-corrected chi connectivity index (χ4v) is 5.93. The van der Waals surface area contributed by atoms with Crippen LogP contribution in [0.25, 0.3) is 0 Å². The molecule has 7 heteroatoms. The van der Waals surface area contributed by atoms with Crippen molar-refractivity contribution in [1.29, 1.82) is 0 Å². The molecule has 2 aromatic carbocycles. The molecule has 2 aromatic rings. The van der Waals surface area contributed by atoms with Gasteiger partial charge in [0.2, 0.25) is 15.9 Å². The summed E-state index contributed by atoms with van der Waals surface area (Å²) in [6.45, 7) is 1.27. The molecule has 5 nitrogen and oxygen atoms in total. The van der Waals surface area contributed by atoms with E-state index in [1.807, 2.05) is 35.2 Å². The smallest absolute Gasteiger partial charge is 0.243 e. The first-order valence-electron chi connectivity index (χ1n) is 10.1. The van der Waals surface area contributed by atoms with Crippen molar-refractivity contribution in [3.63, 3.8) is 0 Å². The van der Waals surface area contributed by atoms with Crippen molar-refractivity contribution in [1.82, 2.24) is 9.21 Å². The molecule has 2 atom stereocenters. The first-order chi connectivity index (χ1) is 14.0. The SMILES string of the molecule is O=C(C1CCCN(S(=O)(=O)c2ccc(F)cc2)C1)N1CCCC1c1ccccc1. The van der Waals surface area contributed by atoms with Gasteiger partial charge in [0, 0.05) is 19.6 Å². The molecule has 29 heavy (non-hydrogen) atoms. The Hall–Kier alpha value is -2.25. The van der Waals surface area contributed by atoms with E-state index in [1.165, 1.54) is 16.4 Å². The van der Waals surface area contributed by atoms with Gasteiger partial charge in [0.05, 0.1) is 16.9 Å². The summed E-state index contributed by atoms with van der Waals surface area (Å²) >= 11 is 0. The molecule has 0 saturated carbocycles. The third-order valence-electron chi connectivity index (χ3n) is 5.91. The molecule has 2 aliphatic rings. The van der Waals surface area contributed by atoms with E-state index < -0.39 is 15.8 Å². The molecule has 2 unspecified atom stereocenters. The van der Waals surface area contributed by atoms with Crippen molar-refractivity contribution in [2.24, 2.45) is 5.92 Å². The van der Waals surface area contributed by atoms with Crippen molar-refractivity contribution < 1.29 is 17.6 Å². The van der Waals surface area contributed by atoms with Gasteiger partial charge in [0.15, 0.2) is 0 Å². The largest absolute Gasteiger partial charge is 0.335 e. The average molecular weight is 417 g/mol. The molecule has 0 spiro atoms. The third-order valence-corrected chi connectivity index (χ3v) is 7.78. The second-order valence-corrected chi connectivity index (χ2v) is 9.69. The number of halogens is 1. The molecule has 2 saturated heterocycles. The molecule has 0 bridgehead atoms. The lowest BCUT2D eigenvalue weighted by atomic mass is 9.96. The van der Waals surface area contributed by atoms with E-state index in [2.05, 4.69) is 0 Å². The van der Waals surface area contributed by atoms with Gasteiger partial charge in [-0.15, -0.1) is 0 Å². The second-order valence-electron chi connectivity index (χ2n) is 7.76. The maximum absolute atomic E-state index is 13.3. The van der Waals surface area contributed by atoms with Crippen LogP contribution in [0.3, 0.4) is 0 Å². The zero-order valence-corrected chi connectivity index (χ0v) is 17.0. The Bertz CT molecular complexity index is 963. The predicted molar refractivity (Wildman–Crippen MR) is 108 cm³/mol. The van der Waals surface area contributed by atoms with Crippen molar-refractivity contribution in [2.45, 2.75) is 36.6 Å². The van der Waals surface area contributed by atoms with Gasteiger partial charge >= 0.3 is 0 Å². The van der Waals surface area contributed by atoms with Gasteiger partial charge in [-0.05, 0) is 55.5 Å². The van der Waals surface area contributed by atoms with Gasteiger partial charge in [-0.25, -0.2) is 12.8 Å². The molecule has 2 fully saturated rings. The van der Waals surface area contributed by atoms with E-state index in [4.69, 9.17) is 0 Å². The summed E-state index contributed by atoms with van der Waals surface area (Å²) in [5.41, 5.74) is 1.13. The van der Waals surface area contributed by atoms with Gasteiger partial charge in [-0.2, -0.15) is 4.31 Å². The highest BCUT2D eigenvalue weighted by Crippen LogP contribution is 2.35. The normalized spacial score (nSPS) is 23.3. The summed E-state index contributed by atoms with van der Waals surface area (Å²) in [6.07, 6.45) is 3.21. The summed E-state index contributed by atoms with van der Waals surface area (Å²) in [5.74, 6) is -0.782. The highest BCUT2D eigenvalue weighted by molar-refractivity contribution is 7.89. The van der Waals surface area contributed by atoms with Crippen LogP contribution in [0.5, 0.6) is 0 Å². The van der Waals surface area contributed by atoms with Gasteiger partial charge in [0.1, 0.15) is 5.82 Å². The zero-order chi connectivity index (χ0) is 20.4. The molecule has 2 aliphatic heterocycles. The molecular weight excluding hydrogens is 391 g/mol. The van der Waals surface area contributed by atoms with Crippen LogP contribution in [0.4, 0.5) is 4.39 Å². The molecule has 0 aliphatic carbocycles. The Labute approximate surface area is 171 Å². The fourth-order valence-electron chi connectivity index (χ4n) is 4.40. The number of carbonyl (C=O) groups is 1. The number of hydrogen-bond acceptors (Lipinski definition) is 3. The number of sulfonamides is 1. The number of likely N-dealkylation sites (tertiary alicyclic amines) is 1. The van der Waals surface area contributed by atoms with Gasteiger partial charge in [0.25, 0.3) is 0 Å². The van der Waals surface area contributed by atoms with Gasteiger partial charge in [-0.3, -0.25) is 4.79 Å². The maximum Gasteiger partial charge on any atom is 0.243 e. The van der Waals surface area contributed by atoms with E-state index in [-0.39, 0.29) is 29.3 Å². The Morgan fingerprint density at radius 2 is 1.62 bits per heavy atom. The lowest BCUT2D eigenvalue weighted by Gasteiger charge is -2.35. The molecule has 0 N–H and O–H groups in total. The Morgan fingerprint density at radius 1 is 0.931 bits per heavy atom. The van der Waals surface area contributed by atoms with Crippen LogP contribution >= 0.6 is 0 Å². The van der Waals surface area contributed by atoms with E-state index in [0.29, 0.717) is 25.9 Å². The van der Waals surface area contributed by atoms with Crippen molar-refractivity contribution in [3.05, 3.63) is 66.0 Å². The lowest BCUT2D eigenvalue weighted by molar-refractivity contribution is -0.137. The van der Waals surface area contributed by atoms with E-state index in [9.17, 15) is 17.6 Å². The van der Waals surface area contributed by atoms with E-state index in [0.717, 1.165) is 30.5 Å². The number of rotatable bonds is 4. The Balaban J connectivity index is 1.50. The van der Waals surface area contributed by atoms with E-state index in [1.54, 1.807) is 0 Å². The molecule has 154 valence electrons. The van der Waals surface area contributed by atoms with Gasteiger partial charge in [-0.1, -0.05) is 30.3 Å². The Kier molecular flexibility index (Phi) is 5.69. The van der Waals surface area contributed by atoms with E-state index >= 15 is 0 Å². The maximum atomic E-state index is 13.3. The van der Waals surface area contributed by atoms with Crippen LogP contribution in [0, 0.1) is 11.7 Å². The standard InChI is InChI=1S/C22H25FN2O3S/c23-19-10-12-20(13-11-19)29(27,28)24-14-4-8-18(16-24)22(26)25-15-5-9-21(25)17-6-2-1-3-7-17/h1-3,6-7,10-13,18,21H,4-5,8-9,14-16H2. The first-order valence-corrected chi connectivity index (χ1v) is 11.5. The number of amides is 1. The minimum Gasteiger partial charge on any atom is -0.335 e. The summed E-state index contributed by atoms with van der Waals surface area (Å²) in [4.78, 5) is 15.3. The number of nitrogens with zero attached hydrogens (tertiary/aromatic N) is 2. The van der Waals surface area contributed by atoms with Crippen LogP contribution in [0.1, 0.15) is 37.3 Å². The highest BCUT2D eigenvalue weighted by atomic mass is 32.2. The van der Waals surface area contributed by atoms with Crippen LogP contribution in [-0.4, -0.2) is 43.2 Å². The van der Waals surface area contributed by atoms with Gasteiger partial charge < -0.3 is 4.90 Å². The molecule has 2 heterocycles. The first kappa shape index (κ1) is 20.0. The quantitative estimate of drug-likeness (QED) is 0.765. The third kappa shape index (κ3) is 4.07. The van der Waals surface area contributed by atoms with Crippen molar-refractivity contribution in [2.75, 3.05) is 19.6 Å². The monoisotopic (exact) mass is 416 g/mol. The fraction of sp³-hybridized carbons (Fsp3) is 0.409. The van der Waals surface area contributed by atoms with Crippen LogP contribution in [0.15, 0.2) is 59.5 Å². The minimum absolute atomic E-state index is 0.0374. The summed E-state index contributed by atoms with van der Waals surface area (Å²) in [5, 5.41) is 0. The second kappa shape index (κ2) is 8.24. The molecular formula is C22H25FN2O3S. The predicted octanol–water partition coefficient (Wildman–Crippen LogP) is 3.59. The topological polar surface area (TPSA) is 57.7 Å². The summed E-state index contributed by atoms with van der Waals surface area (Å²) in [6, 6.07) is 14.9. The van der Waals surface area contributed by atoms with Crippen LogP contribution in [-0.2, 0) is 14.8 Å². The summed E-state index contributed by atoms with van der Waals surface area (Å²) in [7, 11) is -3.74. The highest BCUT2D eigenvalue weighted by Gasteiger charge is 2.38. The van der Waals surface area contributed by atoms with Crippen LogP contribution in [0.2, 0.25) is 0 Å². The molecule has 0 aromatic heterocycles. The Morgan fingerprint density at radius 3 is 2.34 bits per heavy atom. The van der Waals surface area contributed by atoms with Crippen molar-refractivity contribution >= 4 is 15.9 Å². The zero-order valence-electron chi connectivity index (χ0n) is 16.2. The number of benzene rings is 2. The molecule has 0 radical (unpaired) electrons. The number of hydrogen-bond donors (Lipinski definition) is 0. The van der Waals surface area contributed by atoms with Crippen LogP contribution < -0.4 is 0 Å². The molecule has 4 rings (SSSR count). The number of carbonyl (C=O) groups excluding carboxylic acids is 1. The minimum atomic E-state index is -3.74.